The second kappa shape index (κ2) is 7.35. The van der Waals surface area contributed by atoms with Crippen LogP contribution in [-0.4, -0.2) is 13.3 Å². The van der Waals surface area contributed by atoms with Crippen molar-refractivity contribution >= 4 is 6.21 Å². The van der Waals surface area contributed by atoms with E-state index in [1.165, 1.54) is 0 Å². The Labute approximate surface area is 80.8 Å². The van der Waals surface area contributed by atoms with Crippen molar-refractivity contribution in [3.05, 3.63) is 36.7 Å². The Hall–Kier alpha value is -1.31. The van der Waals surface area contributed by atoms with Gasteiger partial charge in [0.15, 0.2) is 0 Å². The largest absolute Gasteiger partial charge is 0.389 e. The minimum absolute atomic E-state index is 0.868. The van der Waals surface area contributed by atoms with E-state index >= 15 is 0 Å². The van der Waals surface area contributed by atoms with Crippen molar-refractivity contribution in [2.45, 2.75) is 19.8 Å². The fourth-order valence-corrected chi connectivity index (χ4v) is 0.744. The average Bonchev–Trinajstić information content (AvgIpc) is 2.12. The van der Waals surface area contributed by atoms with Crippen LogP contribution in [0.5, 0.6) is 0 Å². The monoisotopic (exact) mass is 178 g/mol. The van der Waals surface area contributed by atoms with E-state index in [4.69, 9.17) is 0 Å². The molecule has 13 heavy (non-hydrogen) atoms. The van der Waals surface area contributed by atoms with Crippen LogP contribution >= 0.6 is 0 Å². The standard InChI is InChI=1S/C11H18N2/c1-5-7-11(3)13-9-6-8-10(2)12-4/h6,8-9,12H,2-3,5,7H2,1,4H3/b8-6-,13-9-. The molecular formula is C11H18N2. The molecule has 0 bridgehead atoms. The number of nitrogens with one attached hydrogen (secondary N) is 1. The van der Waals surface area contributed by atoms with Crippen LogP contribution < -0.4 is 5.32 Å². The number of hydrogen-bond donors (Lipinski definition) is 1. The van der Waals surface area contributed by atoms with Crippen molar-refractivity contribution in [1.29, 1.82) is 0 Å². The van der Waals surface area contributed by atoms with Gasteiger partial charge in [0.1, 0.15) is 0 Å². The summed E-state index contributed by atoms with van der Waals surface area (Å²) in [5.41, 5.74) is 1.79. The lowest BCUT2D eigenvalue weighted by Gasteiger charge is -1.94. The van der Waals surface area contributed by atoms with Gasteiger partial charge in [0.2, 0.25) is 0 Å². The Morgan fingerprint density at radius 3 is 2.69 bits per heavy atom. The number of hydrogen-bond acceptors (Lipinski definition) is 2. The van der Waals surface area contributed by atoms with Crippen LogP contribution in [0.4, 0.5) is 0 Å². The van der Waals surface area contributed by atoms with E-state index in [1.807, 2.05) is 19.2 Å². The molecule has 0 unspecified atom stereocenters. The lowest BCUT2D eigenvalue weighted by molar-refractivity contribution is 0.899. The Morgan fingerprint density at radius 1 is 1.46 bits per heavy atom. The molecule has 0 amide bonds. The summed E-state index contributed by atoms with van der Waals surface area (Å²) in [5.74, 6) is 0. The first kappa shape index (κ1) is 11.7. The zero-order valence-electron chi connectivity index (χ0n) is 8.51. The van der Waals surface area contributed by atoms with Crippen LogP contribution in [0.2, 0.25) is 0 Å². The first-order chi connectivity index (χ1) is 6.20. The van der Waals surface area contributed by atoms with E-state index in [0.29, 0.717) is 0 Å². The van der Waals surface area contributed by atoms with E-state index in [2.05, 4.69) is 30.4 Å². The molecule has 0 aliphatic rings. The third-order valence-corrected chi connectivity index (χ3v) is 1.50. The lowest BCUT2D eigenvalue weighted by Crippen LogP contribution is -2.00. The Morgan fingerprint density at radius 2 is 2.15 bits per heavy atom. The van der Waals surface area contributed by atoms with E-state index in [1.54, 1.807) is 6.21 Å². The van der Waals surface area contributed by atoms with Crippen molar-refractivity contribution < 1.29 is 0 Å². The highest BCUT2D eigenvalue weighted by atomic mass is 14.8. The molecule has 72 valence electrons. The van der Waals surface area contributed by atoms with Gasteiger partial charge >= 0.3 is 0 Å². The molecule has 0 fully saturated rings. The van der Waals surface area contributed by atoms with E-state index in [9.17, 15) is 0 Å². The van der Waals surface area contributed by atoms with E-state index in [0.717, 1.165) is 24.2 Å². The quantitative estimate of drug-likeness (QED) is 0.491. The molecule has 1 N–H and O–H groups in total. The molecule has 0 aromatic carbocycles. The van der Waals surface area contributed by atoms with E-state index < -0.39 is 0 Å². The fourth-order valence-electron chi connectivity index (χ4n) is 0.744. The van der Waals surface area contributed by atoms with Crippen LogP contribution in [-0.2, 0) is 0 Å². The van der Waals surface area contributed by atoms with Crippen LogP contribution in [0, 0.1) is 0 Å². The summed E-state index contributed by atoms with van der Waals surface area (Å²) in [6.07, 6.45) is 7.49. The van der Waals surface area contributed by atoms with Gasteiger partial charge < -0.3 is 5.32 Å². The number of nitrogens with zero attached hydrogens (tertiary/aromatic N) is 1. The molecule has 0 heterocycles. The van der Waals surface area contributed by atoms with Crippen molar-refractivity contribution in [2.24, 2.45) is 4.99 Å². The zero-order chi connectivity index (χ0) is 10.1. The van der Waals surface area contributed by atoms with Crippen LogP contribution in [0.3, 0.4) is 0 Å². The molecule has 0 radical (unpaired) electrons. The highest BCUT2D eigenvalue weighted by Crippen LogP contribution is 2.01. The molecule has 0 rings (SSSR count). The summed E-state index contributed by atoms with van der Waals surface area (Å²) < 4.78 is 0. The van der Waals surface area contributed by atoms with Gasteiger partial charge in [0.05, 0.1) is 0 Å². The van der Waals surface area contributed by atoms with Gasteiger partial charge in [-0.15, -0.1) is 0 Å². The molecule has 0 aromatic heterocycles. The second-order valence-corrected chi connectivity index (χ2v) is 2.73. The molecule has 0 saturated carbocycles. The van der Waals surface area contributed by atoms with Gasteiger partial charge in [0.25, 0.3) is 0 Å². The van der Waals surface area contributed by atoms with Crippen LogP contribution in [0.25, 0.3) is 0 Å². The summed E-state index contributed by atoms with van der Waals surface area (Å²) >= 11 is 0. The van der Waals surface area contributed by atoms with Crippen molar-refractivity contribution in [3.63, 3.8) is 0 Å². The lowest BCUT2D eigenvalue weighted by atomic mass is 10.3. The maximum Gasteiger partial charge on any atom is 0.0331 e. The van der Waals surface area contributed by atoms with Crippen LogP contribution in [0.15, 0.2) is 41.7 Å². The predicted octanol–water partition coefficient (Wildman–Crippen LogP) is 2.66. The van der Waals surface area contributed by atoms with Crippen molar-refractivity contribution in [2.75, 3.05) is 7.05 Å². The normalized spacial score (nSPS) is 10.9. The molecule has 0 aromatic rings. The van der Waals surface area contributed by atoms with Crippen molar-refractivity contribution in [1.82, 2.24) is 5.32 Å². The van der Waals surface area contributed by atoms with Gasteiger partial charge in [-0.3, -0.25) is 4.99 Å². The minimum atomic E-state index is 0.868. The number of allylic oxidation sites excluding steroid dienone is 3. The minimum Gasteiger partial charge on any atom is -0.389 e. The van der Waals surface area contributed by atoms with Crippen LogP contribution in [0.1, 0.15) is 19.8 Å². The first-order valence-corrected chi connectivity index (χ1v) is 4.45. The van der Waals surface area contributed by atoms with Gasteiger partial charge in [0, 0.05) is 24.7 Å². The number of aliphatic imine (C=N–C) groups is 1. The third kappa shape index (κ3) is 7.06. The molecule has 0 spiro atoms. The molecule has 0 saturated heterocycles. The highest BCUT2D eigenvalue weighted by Gasteiger charge is 1.84. The summed E-state index contributed by atoms with van der Waals surface area (Å²) in [6, 6.07) is 0. The summed E-state index contributed by atoms with van der Waals surface area (Å²) in [7, 11) is 1.83. The number of likely N-dealkylation sites (N-methyl/N-ethyl adjacent to an activating group) is 1. The number of rotatable bonds is 6. The smallest absolute Gasteiger partial charge is 0.0331 e. The molecular weight excluding hydrogens is 160 g/mol. The van der Waals surface area contributed by atoms with Gasteiger partial charge in [-0.05, 0) is 18.6 Å². The highest BCUT2D eigenvalue weighted by molar-refractivity contribution is 5.72. The fraction of sp³-hybridized carbons (Fsp3) is 0.364. The second-order valence-electron chi connectivity index (χ2n) is 2.73. The molecule has 2 nitrogen and oxygen atoms in total. The molecule has 0 aliphatic heterocycles. The Kier molecular flexibility index (Phi) is 6.60. The summed E-state index contributed by atoms with van der Waals surface area (Å²) in [5, 5.41) is 2.91. The molecule has 0 atom stereocenters. The van der Waals surface area contributed by atoms with Gasteiger partial charge in [-0.2, -0.15) is 0 Å². The maximum atomic E-state index is 4.14. The topological polar surface area (TPSA) is 24.4 Å². The maximum absolute atomic E-state index is 4.14. The zero-order valence-corrected chi connectivity index (χ0v) is 8.51. The Bertz CT molecular complexity index is 224. The average molecular weight is 178 g/mol. The van der Waals surface area contributed by atoms with Gasteiger partial charge in [-0.25, -0.2) is 0 Å². The molecule has 0 aliphatic carbocycles. The SMILES string of the molecule is C=C(CCC)/N=C\C=C/C(=C)NC. The summed E-state index contributed by atoms with van der Waals surface area (Å²) in [6.45, 7) is 9.67. The van der Waals surface area contributed by atoms with E-state index in [-0.39, 0.29) is 0 Å². The molecule has 2 heteroatoms. The summed E-state index contributed by atoms with van der Waals surface area (Å²) in [4.78, 5) is 4.14. The van der Waals surface area contributed by atoms with Gasteiger partial charge in [-0.1, -0.05) is 26.5 Å². The predicted molar refractivity (Wildman–Crippen MR) is 59.9 cm³/mol. The van der Waals surface area contributed by atoms with Crippen molar-refractivity contribution in [3.8, 4) is 0 Å². The first-order valence-electron chi connectivity index (χ1n) is 4.45. The third-order valence-electron chi connectivity index (χ3n) is 1.50. The Balaban J connectivity index is 3.80.